The Hall–Kier alpha value is -11.0. The molecule has 0 bridgehead atoms. The molecule has 0 radical (unpaired) electrons. The van der Waals surface area contributed by atoms with E-state index in [0.29, 0.717) is 108 Å². The zero-order valence-corrected chi connectivity index (χ0v) is 49.4. The molecule has 0 fully saturated rings. The lowest BCUT2D eigenvalue weighted by Crippen LogP contribution is -2.31. The van der Waals surface area contributed by atoms with Crippen molar-refractivity contribution in [3.05, 3.63) is 363 Å². The molecule has 15 rings (SSSR count). The van der Waals surface area contributed by atoms with Crippen molar-refractivity contribution >= 4 is 29.2 Å². The quantitative estimate of drug-likeness (QED) is 0.0652. The second kappa shape index (κ2) is 21.6. The minimum Gasteiger partial charge on any atom is -0.457 e. The van der Waals surface area contributed by atoms with Crippen LogP contribution in [-0.2, 0) is 16.2 Å². The molecule has 12 aromatic carbocycles. The van der Waals surface area contributed by atoms with Gasteiger partial charge in [0.2, 0.25) is 0 Å². The van der Waals surface area contributed by atoms with Crippen molar-refractivity contribution in [1.29, 1.82) is 0 Å². The van der Waals surface area contributed by atoms with E-state index in [-0.39, 0.29) is 0 Å². The largest absolute Gasteiger partial charge is 0.457 e. The first-order valence-corrected chi connectivity index (χ1v) is 29.8. The number of nitrogens with zero attached hydrogens (tertiary/aromatic N) is 1. The van der Waals surface area contributed by atoms with E-state index in [0.717, 1.165) is 33.4 Å². The molecule has 0 aromatic heterocycles. The van der Waals surface area contributed by atoms with E-state index in [9.17, 15) is 0 Å². The van der Waals surface area contributed by atoms with E-state index in [1.54, 1.807) is 121 Å². The Morgan fingerprint density at radius 1 is 0.304 bits per heavy atom. The number of hydrogen-bond donors (Lipinski definition) is 0. The maximum Gasteiger partial charge on any atom is 0.197 e. The van der Waals surface area contributed by atoms with Gasteiger partial charge in [-0.05, 0) is 186 Å². The summed E-state index contributed by atoms with van der Waals surface area (Å²) in [6.45, 7) is 11.9. The summed E-state index contributed by atoms with van der Waals surface area (Å²) >= 11 is 0. The van der Waals surface area contributed by atoms with E-state index < -0.39 is 73.9 Å². The normalized spacial score (nSPS) is 16.0. The van der Waals surface area contributed by atoms with Gasteiger partial charge in [0.25, 0.3) is 0 Å². The molecule has 0 aliphatic heterocycles. The summed E-state index contributed by atoms with van der Waals surface area (Å²) < 4.78 is 143. The van der Waals surface area contributed by atoms with E-state index in [1.807, 2.05) is 102 Å². The standard InChI is InChI=1S/C81H51F8NO2/c1-5-46-19-30-53(31-20-46)91-55-34-23-48(24-35-55)80(69-44-71(82)75(86)77(88)73(69)84)64-17-11-8-14-58(64)61-39-28-51(42-67(61)80)90(50-27-38-60-57-13-7-10-16-63(57)79(3,4)66(60)41-50)52-29-40-62-59-15-9-12-18-65(59)81(68(62)43-52,70-45-72(83)76(87)78(89)74(70)85)49-25-36-56(37-26-49)92-54-32-21-47(6-2)22-33-54/h5-45H,1-2H2,3-4H3. The van der Waals surface area contributed by atoms with E-state index in [1.165, 1.54) is 0 Å². The predicted octanol–water partition coefficient (Wildman–Crippen LogP) is 22.2. The van der Waals surface area contributed by atoms with E-state index >= 15 is 35.1 Å². The van der Waals surface area contributed by atoms with Gasteiger partial charge in [-0.3, -0.25) is 0 Å². The fraction of sp³-hybridized carbons (Fsp3) is 0.0617. The van der Waals surface area contributed by atoms with Crippen LogP contribution in [0, 0.1) is 46.5 Å². The van der Waals surface area contributed by atoms with Crippen molar-refractivity contribution < 1.29 is 44.6 Å². The van der Waals surface area contributed by atoms with Crippen molar-refractivity contribution in [3.63, 3.8) is 0 Å². The summed E-state index contributed by atoms with van der Waals surface area (Å²) in [7, 11) is 0. The minimum absolute atomic E-state index is 0.353. The summed E-state index contributed by atoms with van der Waals surface area (Å²) in [4.78, 5) is 1.95. The topological polar surface area (TPSA) is 21.7 Å². The smallest absolute Gasteiger partial charge is 0.197 e. The first-order chi connectivity index (χ1) is 44.5. The zero-order chi connectivity index (χ0) is 63.5. The van der Waals surface area contributed by atoms with Crippen LogP contribution >= 0.6 is 0 Å². The van der Waals surface area contributed by atoms with Crippen molar-refractivity contribution in [2.45, 2.75) is 30.1 Å². The van der Waals surface area contributed by atoms with Gasteiger partial charge in [-0.25, -0.2) is 35.1 Å². The molecule has 2 unspecified atom stereocenters. The Morgan fingerprint density at radius 3 is 1.00 bits per heavy atom. The summed E-state index contributed by atoms with van der Waals surface area (Å²) in [5.74, 6) is -12.5. The predicted molar refractivity (Wildman–Crippen MR) is 346 cm³/mol. The number of ether oxygens (including phenoxy) is 2. The zero-order valence-electron chi connectivity index (χ0n) is 49.4. The number of fused-ring (bicyclic) bond motifs is 9. The van der Waals surface area contributed by atoms with E-state index in [2.05, 4.69) is 45.2 Å². The van der Waals surface area contributed by atoms with E-state index in [4.69, 9.17) is 9.47 Å². The molecule has 3 aliphatic carbocycles. The third kappa shape index (κ3) is 8.55. The average Bonchev–Trinajstić information content (AvgIpc) is 1.51. The Kier molecular flexibility index (Phi) is 13.5. The Labute approximate surface area is 525 Å². The second-order valence-corrected chi connectivity index (χ2v) is 23.8. The van der Waals surface area contributed by atoms with Crippen LogP contribution in [0.15, 0.2) is 250 Å². The molecule has 3 aliphatic rings. The molecular weight excluding hydrogens is 1170 g/mol. The van der Waals surface area contributed by atoms with Gasteiger partial charge < -0.3 is 14.4 Å². The van der Waals surface area contributed by atoms with Crippen LogP contribution < -0.4 is 14.4 Å². The lowest BCUT2D eigenvalue weighted by molar-refractivity contribution is 0.399. The van der Waals surface area contributed by atoms with Crippen molar-refractivity contribution in [3.8, 4) is 56.4 Å². The number of anilines is 3. The lowest BCUT2D eigenvalue weighted by atomic mass is 9.67. The van der Waals surface area contributed by atoms with Gasteiger partial charge in [0.05, 0.1) is 10.8 Å². The number of halogens is 8. The number of rotatable bonds is 13. The van der Waals surface area contributed by atoms with Gasteiger partial charge in [-0.1, -0.05) is 179 Å². The molecule has 448 valence electrons. The molecule has 11 heteroatoms. The fourth-order valence-electron chi connectivity index (χ4n) is 14.5. The first kappa shape index (κ1) is 57.4. The van der Waals surface area contributed by atoms with Crippen molar-refractivity contribution in [2.24, 2.45) is 0 Å². The molecular formula is C81H51F8NO2. The van der Waals surface area contributed by atoms with Gasteiger partial charge in [0.15, 0.2) is 46.5 Å². The van der Waals surface area contributed by atoms with Crippen LogP contribution in [0.1, 0.15) is 80.6 Å². The molecule has 0 amide bonds. The van der Waals surface area contributed by atoms with Crippen LogP contribution in [0.25, 0.3) is 45.5 Å². The molecule has 0 heterocycles. The average molecular weight is 1220 g/mol. The second-order valence-electron chi connectivity index (χ2n) is 23.8. The molecule has 3 nitrogen and oxygen atoms in total. The van der Waals surface area contributed by atoms with Crippen LogP contribution in [0.5, 0.6) is 23.0 Å². The van der Waals surface area contributed by atoms with Gasteiger partial charge in [-0.2, -0.15) is 0 Å². The number of hydrogen-bond acceptors (Lipinski definition) is 3. The Bertz CT molecular complexity index is 4780. The summed E-state index contributed by atoms with van der Waals surface area (Å²) in [6.07, 6.45) is 3.41. The third-order valence-electron chi connectivity index (χ3n) is 18.7. The van der Waals surface area contributed by atoms with Crippen LogP contribution in [0.3, 0.4) is 0 Å². The maximum atomic E-state index is 17.5. The van der Waals surface area contributed by atoms with Gasteiger partial charge in [0, 0.05) is 33.6 Å². The van der Waals surface area contributed by atoms with Crippen LogP contribution in [0.2, 0.25) is 0 Å². The Morgan fingerprint density at radius 2 is 0.620 bits per heavy atom. The highest BCUT2D eigenvalue weighted by atomic mass is 19.2. The minimum atomic E-state index is -1.99. The highest BCUT2D eigenvalue weighted by Gasteiger charge is 2.52. The monoisotopic (exact) mass is 1220 g/mol. The highest BCUT2D eigenvalue weighted by Crippen LogP contribution is 2.61. The molecule has 0 saturated heterocycles. The molecule has 0 spiro atoms. The van der Waals surface area contributed by atoms with Crippen LogP contribution in [-0.4, -0.2) is 0 Å². The first-order valence-electron chi connectivity index (χ1n) is 29.8. The molecule has 0 N–H and O–H groups in total. The van der Waals surface area contributed by atoms with Gasteiger partial charge >= 0.3 is 0 Å². The maximum absolute atomic E-state index is 17.5. The molecule has 12 aromatic rings. The molecule has 0 saturated carbocycles. The van der Waals surface area contributed by atoms with Gasteiger partial charge in [0.1, 0.15) is 23.0 Å². The molecule has 92 heavy (non-hydrogen) atoms. The fourth-order valence-corrected chi connectivity index (χ4v) is 14.5. The summed E-state index contributed by atoms with van der Waals surface area (Å²) in [5.41, 5.74) is 6.71. The summed E-state index contributed by atoms with van der Waals surface area (Å²) in [5, 5.41) is 0. The number of benzene rings is 12. The lowest BCUT2D eigenvalue weighted by Gasteiger charge is -2.36. The van der Waals surface area contributed by atoms with Crippen molar-refractivity contribution in [2.75, 3.05) is 4.90 Å². The highest BCUT2D eigenvalue weighted by molar-refractivity contribution is 5.93. The van der Waals surface area contributed by atoms with Gasteiger partial charge in [-0.15, -0.1) is 0 Å². The van der Waals surface area contributed by atoms with Crippen molar-refractivity contribution in [1.82, 2.24) is 0 Å². The summed E-state index contributed by atoms with van der Waals surface area (Å²) in [6, 6.07) is 69.0. The molecule has 2 atom stereocenters. The Balaban J connectivity index is 0.987. The third-order valence-corrected chi connectivity index (χ3v) is 18.7. The SMILES string of the molecule is C=Cc1ccc(Oc2ccc(C3(c4cc(F)c(F)c(F)c4F)c4ccccc4-c4ccc(N(c5ccc6c(c5)C(C)(C)c5ccccc5-6)c5ccc6c(c5)C(c5ccc(Oc7ccc(C=C)cc7)cc5)(c5cc(F)c(F)c(F)c5F)c5ccccc5-6)cc43)cc2)cc1. The van der Waals surface area contributed by atoms with Crippen LogP contribution in [0.4, 0.5) is 52.2 Å².